The van der Waals surface area contributed by atoms with Crippen LogP contribution in [0, 0.1) is 25.2 Å². The summed E-state index contributed by atoms with van der Waals surface area (Å²) in [6, 6.07) is 7.44. The number of nitrogens with one attached hydrogen (secondary N) is 1. The number of amides is 1. The number of aromatic nitrogens is 1. The van der Waals surface area contributed by atoms with E-state index < -0.39 is 5.91 Å². The molecule has 0 fully saturated rings. The van der Waals surface area contributed by atoms with E-state index in [1.54, 1.807) is 26.0 Å². The molecule has 0 spiro atoms. The molecule has 1 amide bonds. The van der Waals surface area contributed by atoms with E-state index in [2.05, 4.69) is 15.3 Å². The van der Waals surface area contributed by atoms with Crippen LogP contribution in [-0.2, 0) is 6.54 Å². The van der Waals surface area contributed by atoms with Gasteiger partial charge in [-0.25, -0.2) is 4.98 Å². The standard InChI is InChI=1S/C17H12Cl2N4O/c1-8-9(2)14(23-16(19)13(8)6-20)17(24)22-11-4-3-10-7-21-15(18)12(10)5-11/h3-5H,7H2,1-2H3,(H,22,24). The summed E-state index contributed by atoms with van der Waals surface area (Å²) >= 11 is 12.0. The van der Waals surface area contributed by atoms with Crippen LogP contribution in [0.25, 0.3) is 0 Å². The molecule has 0 radical (unpaired) electrons. The van der Waals surface area contributed by atoms with Crippen molar-refractivity contribution in [3.8, 4) is 6.07 Å². The first-order valence-electron chi connectivity index (χ1n) is 7.13. The highest BCUT2D eigenvalue weighted by Gasteiger charge is 2.20. The Morgan fingerprint density at radius 3 is 2.75 bits per heavy atom. The number of anilines is 1. The Hall–Kier alpha value is -2.42. The number of hydrogen-bond acceptors (Lipinski definition) is 4. The lowest BCUT2D eigenvalue weighted by molar-refractivity contribution is 0.102. The highest BCUT2D eigenvalue weighted by Crippen LogP contribution is 2.26. The number of rotatable bonds is 2. The van der Waals surface area contributed by atoms with E-state index in [0.717, 1.165) is 11.1 Å². The van der Waals surface area contributed by atoms with Crippen LogP contribution >= 0.6 is 23.2 Å². The number of hydrogen-bond donors (Lipinski definition) is 1. The fourth-order valence-corrected chi connectivity index (χ4v) is 3.03. The summed E-state index contributed by atoms with van der Waals surface area (Å²) in [4.78, 5) is 20.8. The number of fused-ring (bicyclic) bond motifs is 1. The maximum atomic E-state index is 12.5. The van der Waals surface area contributed by atoms with Crippen molar-refractivity contribution in [1.82, 2.24) is 4.98 Å². The van der Waals surface area contributed by atoms with Crippen LogP contribution in [0.1, 0.15) is 38.3 Å². The summed E-state index contributed by atoms with van der Waals surface area (Å²) < 4.78 is 0. The summed E-state index contributed by atoms with van der Waals surface area (Å²) in [6.45, 7) is 4.03. The Balaban J connectivity index is 1.93. The molecule has 0 saturated carbocycles. The maximum Gasteiger partial charge on any atom is 0.274 e. The first-order chi connectivity index (χ1) is 11.4. The van der Waals surface area contributed by atoms with Gasteiger partial charge in [0, 0.05) is 11.3 Å². The monoisotopic (exact) mass is 358 g/mol. The van der Waals surface area contributed by atoms with Gasteiger partial charge in [-0.2, -0.15) is 5.26 Å². The molecule has 0 aliphatic carbocycles. The Labute approximate surface area is 148 Å². The van der Waals surface area contributed by atoms with Crippen LogP contribution in [0.15, 0.2) is 23.2 Å². The first kappa shape index (κ1) is 16.4. The van der Waals surface area contributed by atoms with Gasteiger partial charge < -0.3 is 5.32 Å². The van der Waals surface area contributed by atoms with Gasteiger partial charge in [0.25, 0.3) is 5.91 Å². The molecule has 1 aliphatic rings. The Morgan fingerprint density at radius 1 is 1.29 bits per heavy atom. The quantitative estimate of drug-likeness (QED) is 0.824. The van der Waals surface area contributed by atoms with Gasteiger partial charge in [0.2, 0.25) is 0 Å². The molecule has 1 aromatic carbocycles. The molecule has 120 valence electrons. The highest BCUT2D eigenvalue weighted by atomic mass is 35.5. The predicted molar refractivity (Wildman–Crippen MR) is 93.9 cm³/mol. The maximum absolute atomic E-state index is 12.5. The highest BCUT2D eigenvalue weighted by molar-refractivity contribution is 6.70. The molecule has 3 rings (SSSR count). The summed E-state index contributed by atoms with van der Waals surface area (Å²) in [5, 5.41) is 12.3. The van der Waals surface area contributed by atoms with Crippen LogP contribution in [-0.4, -0.2) is 16.1 Å². The van der Waals surface area contributed by atoms with Crippen LogP contribution in [0.4, 0.5) is 5.69 Å². The Bertz CT molecular complexity index is 945. The summed E-state index contributed by atoms with van der Waals surface area (Å²) in [5.74, 6) is -0.395. The molecule has 0 atom stereocenters. The molecular weight excluding hydrogens is 347 g/mol. The van der Waals surface area contributed by atoms with E-state index in [1.807, 2.05) is 12.1 Å². The molecule has 1 N–H and O–H groups in total. The molecule has 5 nitrogen and oxygen atoms in total. The number of aliphatic imine (C=N–C) groups is 1. The smallest absolute Gasteiger partial charge is 0.274 e. The van der Waals surface area contributed by atoms with Crippen LogP contribution < -0.4 is 5.32 Å². The van der Waals surface area contributed by atoms with Crippen molar-refractivity contribution < 1.29 is 4.79 Å². The van der Waals surface area contributed by atoms with Crippen molar-refractivity contribution >= 4 is 40.0 Å². The lowest BCUT2D eigenvalue weighted by atomic mass is 10.0. The minimum atomic E-state index is -0.395. The zero-order valence-corrected chi connectivity index (χ0v) is 14.5. The first-order valence-corrected chi connectivity index (χ1v) is 7.89. The molecule has 2 heterocycles. The molecular formula is C17H12Cl2N4O. The van der Waals surface area contributed by atoms with Gasteiger partial charge in [-0.3, -0.25) is 9.79 Å². The molecule has 0 saturated heterocycles. The third-order valence-electron chi connectivity index (χ3n) is 4.01. The van der Waals surface area contributed by atoms with Crippen molar-refractivity contribution in [3.63, 3.8) is 0 Å². The van der Waals surface area contributed by atoms with Crippen LogP contribution in [0.5, 0.6) is 0 Å². The predicted octanol–water partition coefficient (Wildman–Crippen LogP) is 3.97. The van der Waals surface area contributed by atoms with Crippen molar-refractivity contribution in [2.45, 2.75) is 20.4 Å². The Kier molecular flexibility index (Phi) is 4.27. The van der Waals surface area contributed by atoms with E-state index >= 15 is 0 Å². The largest absolute Gasteiger partial charge is 0.321 e. The average Bonchev–Trinajstić information content (AvgIpc) is 2.92. The summed E-state index contributed by atoms with van der Waals surface area (Å²) in [6.07, 6.45) is 0. The third-order valence-corrected chi connectivity index (χ3v) is 4.61. The molecule has 0 bridgehead atoms. The van der Waals surface area contributed by atoms with Crippen molar-refractivity contribution in [2.75, 3.05) is 5.32 Å². The second-order valence-electron chi connectivity index (χ2n) is 5.42. The number of pyridine rings is 1. The fraction of sp³-hybridized carbons (Fsp3) is 0.176. The third kappa shape index (κ3) is 2.75. The number of carbonyl (C=O) groups is 1. The molecule has 24 heavy (non-hydrogen) atoms. The number of benzene rings is 1. The van der Waals surface area contributed by atoms with Gasteiger partial charge in [-0.15, -0.1) is 0 Å². The van der Waals surface area contributed by atoms with Gasteiger partial charge in [0.05, 0.1) is 12.1 Å². The minimum Gasteiger partial charge on any atom is -0.321 e. The zero-order chi connectivity index (χ0) is 17.4. The molecule has 0 unspecified atom stereocenters. The number of carbonyl (C=O) groups excluding carboxylic acids is 1. The summed E-state index contributed by atoms with van der Waals surface area (Å²) in [7, 11) is 0. The van der Waals surface area contributed by atoms with E-state index in [0.29, 0.717) is 28.5 Å². The SMILES string of the molecule is Cc1c(C(=O)Nc2ccc3c(c2)C(Cl)=NC3)nc(Cl)c(C#N)c1C. The van der Waals surface area contributed by atoms with Crippen LogP contribution in [0.2, 0.25) is 5.15 Å². The van der Waals surface area contributed by atoms with E-state index in [-0.39, 0.29) is 16.4 Å². The van der Waals surface area contributed by atoms with Crippen molar-refractivity contribution in [1.29, 1.82) is 5.26 Å². The van der Waals surface area contributed by atoms with Gasteiger partial charge in [-0.05, 0) is 42.7 Å². The normalized spacial score (nSPS) is 12.4. The second kappa shape index (κ2) is 6.23. The van der Waals surface area contributed by atoms with Gasteiger partial charge >= 0.3 is 0 Å². The second-order valence-corrected chi connectivity index (χ2v) is 6.14. The average molecular weight is 359 g/mol. The van der Waals surface area contributed by atoms with E-state index in [1.165, 1.54) is 0 Å². The van der Waals surface area contributed by atoms with Gasteiger partial charge in [0.15, 0.2) is 0 Å². The molecule has 7 heteroatoms. The molecule has 1 aliphatic heterocycles. The van der Waals surface area contributed by atoms with Crippen LogP contribution in [0.3, 0.4) is 0 Å². The lowest BCUT2D eigenvalue weighted by Crippen LogP contribution is -2.17. The number of nitriles is 1. The van der Waals surface area contributed by atoms with Gasteiger partial charge in [-0.1, -0.05) is 29.3 Å². The minimum absolute atomic E-state index is 0.0230. The van der Waals surface area contributed by atoms with E-state index in [9.17, 15) is 4.79 Å². The van der Waals surface area contributed by atoms with E-state index in [4.69, 9.17) is 28.5 Å². The molecule has 1 aromatic heterocycles. The summed E-state index contributed by atoms with van der Waals surface area (Å²) in [5.41, 5.74) is 4.16. The Morgan fingerprint density at radius 2 is 2.04 bits per heavy atom. The van der Waals surface area contributed by atoms with Gasteiger partial charge in [0.1, 0.15) is 22.1 Å². The molecule has 2 aromatic rings. The topological polar surface area (TPSA) is 78.1 Å². The fourth-order valence-electron chi connectivity index (χ4n) is 2.52. The van der Waals surface area contributed by atoms with Crippen molar-refractivity contribution in [2.24, 2.45) is 4.99 Å². The number of nitrogens with zero attached hydrogens (tertiary/aromatic N) is 3. The number of halogens is 2. The lowest BCUT2D eigenvalue weighted by Gasteiger charge is -2.12. The zero-order valence-electron chi connectivity index (χ0n) is 12.9. The van der Waals surface area contributed by atoms with Crippen molar-refractivity contribution in [3.05, 3.63) is 56.9 Å².